The average molecular weight is 492 g/mol. The van der Waals surface area contributed by atoms with E-state index >= 15 is 0 Å². The quantitative estimate of drug-likeness (QED) is 0.216. The third kappa shape index (κ3) is 6.48. The molecule has 0 aliphatic heterocycles. The summed E-state index contributed by atoms with van der Waals surface area (Å²) >= 11 is 6.01. The van der Waals surface area contributed by atoms with Crippen molar-refractivity contribution < 1.29 is 9.59 Å². The number of rotatable bonds is 10. The molecule has 0 fully saturated rings. The molecule has 180 valence electrons. The lowest BCUT2D eigenvalue weighted by Crippen LogP contribution is -2.29. The third-order valence-electron chi connectivity index (χ3n) is 5.18. The van der Waals surface area contributed by atoms with Gasteiger partial charge in [0.1, 0.15) is 11.6 Å². The molecule has 9 nitrogen and oxygen atoms in total. The fourth-order valence-electron chi connectivity index (χ4n) is 3.51. The molecular weight excluding hydrogens is 466 g/mol. The highest BCUT2D eigenvalue weighted by Crippen LogP contribution is 2.22. The van der Waals surface area contributed by atoms with Crippen LogP contribution in [-0.4, -0.2) is 52.9 Å². The number of hydrogen-bond acceptors (Lipinski definition) is 6. The lowest BCUT2D eigenvalue weighted by atomic mass is 10.1. The molecule has 0 spiro atoms. The Kier molecular flexibility index (Phi) is 7.79. The number of anilines is 2. The van der Waals surface area contributed by atoms with Crippen molar-refractivity contribution in [1.29, 1.82) is 0 Å². The van der Waals surface area contributed by atoms with Gasteiger partial charge >= 0.3 is 0 Å². The predicted octanol–water partition coefficient (Wildman–Crippen LogP) is 3.67. The van der Waals surface area contributed by atoms with Gasteiger partial charge < -0.3 is 26.3 Å². The number of amides is 2. The number of benzene rings is 2. The number of aromatic amines is 1. The standard InChI is InChI=1S/C25H26ClN7O2/c1-16(34)27-10-11-28-22-14-23(33-24(32-22)17-6-8-18(26)9-7-17)29-12-13-30-25(35)20-15-31-21-5-3-2-4-19(20)21/h2-9,14-15,31H,10-13H2,1H3,(H,27,34)(H,30,35)(H2,28,29,32,33). The maximum Gasteiger partial charge on any atom is 0.253 e. The van der Waals surface area contributed by atoms with Gasteiger partial charge in [-0.15, -0.1) is 0 Å². The molecule has 2 amide bonds. The lowest BCUT2D eigenvalue weighted by molar-refractivity contribution is -0.118. The van der Waals surface area contributed by atoms with E-state index in [9.17, 15) is 9.59 Å². The Bertz CT molecular complexity index is 1320. The summed E-state index contributed by atoms with van der Waals surface area (Å²) in [7, 11) is 0. The predicted molar refractivity (Wildman–Crippen MR) is 139 cm³/mol. The largest absolute Gasteiger partial charge is 0.368 e. The van der Waals surface area contributed by atoms with E-state index in [2.05, 4.69) is 36.2 Å². The summed E-state index contributed by atoms with van der Waals surface area (Å²) in [4.78, 5) is 36.0. The van der Waals surface area contributed by atoms with Gasteiger partial charge in [0.15, 0.2) is 5.82 Å². The van der Waals surface area contributed by atoms with Crippen LogP contribution in [0.5, 0.6) is 0 Å². The molecule has 4 rings (SSSR count). The Morgan fingerprint density at radius 1 is 0.886 bits per heavy atom. The lowest BCUT2D eigenvalue weighted by Gasteiger charge is -2.12. The average Bonchev–Trinajstić information content (AvgIpc) is 3.29. The minimum Gasteiger partial charge on any atom is -0.368 e. The zero-order valence-electron chi connectivity index (χ0n) is 19.2. The van der Waals surface area contributed by atoms with Crippen LogP contribution < -0.4 is 21.3 Å². The first-order valence-corrected chi connectivity index (χ1v) is 11.6. The molecule has 35 heavy (non-hydrogen) atoms. The molecule has 0 unspecified atom stereocenters. The van der Waals surface area contributed by atoms with Gasteiger partial charge in [-0.25, -0.2) is 9.97 Å². The molecule has 10 heteroatoms. The number of H-pyrrole nitrogens is 1. The van der Waals surface area contributed by atoms with E-state index < -0.39 is 0 Å². The zero-order chi connectivity index (χ0) is 24.6. The van der Waals surface area contributed by atoms with Crippen LogP contribution in [0.4, 0.5) is 11.6 Å². The molecule has 0 atom stereocenters. The van der Waals surface area contributed by atoms with Crippen LogP contribution in [0.3, 0.4) is 0 Å². The number of fused-ring (bicyclic) bond motifs is 1. The van der Waals surface area contributed by atoms with Crippen molar-refractivity contribution in [3.63, 3.8) is 0 Å². The van der Waals surface area contributed by atoms with Crippen LogP contribution in [0.2, 0.25) is 5.02 Å². The van der Waals surface area contributed by atoms with E-state index in [-0.39, 0.29) is 11.8 Å². The minimum atomic E-state index is -0.144. The second-order valence-corrected chi connectivity index (χ2v) is 8.25. The Morgan fingerprint density at radius 2 is 1.54 bits per heavy atom. The van der Waals surface area contributed by atoms with Gasteiger partial charge in [0, 0.05) is 66.9 Å². The summed E-state index contributed by atoms with van der Waals surface area (Å²) in [6.07, 6.45) is 1.72. The van der Waals surface area contributed by atoms with Gasteiger partial charge in [-0.2, -0.15) is 0 Å². The van der Waals surface area contributed by atoms with Crippen molar-refractivity contribution in [1.82, 2.24) is 25.6 Å². The fraction of sp³-hybridized carbons (Fsp3) is 0.200. The summed E-state index contributed by atoms with van der Waals surface area (Å²) in [5, 5.41) is 13.6. The van der Waals surface area contributed by atoms with Crippen molar-refractivity contribution >= 4 is 46.0 Å². The van der Waals surface area contributed by atoms with E-state index in [1.165, 1.54) is 6.92 Å². The van der Waals surface area contributed by atoms with Crippen LogP contribution in [-0.2, 0) is 4.79 Å². The smallest absolute Gasteiger partial charge is 0.253 e. The highest BCUT2D eigenvalue weighted by Gasteiger charge is 2.11. The van der Waals surface area contributed by atoms with Crippen molar-refractivity contribution in [2.45, 2.75) is 6.92 Å². The normalized spacial score (nSPS) is 10.7. The number of carbonyl (C=O) groups is 2. The number of hydrogen-bond donors (Lipinski definition) is 5. The van der Waals surface area contributed by atoms with Crippen LogP contribution in [0, 0.1) is 0 Å². The Labute approximate surface area is 207 Å². The first-order valence-electron chi connectivity index (χ1n) is 11.2. The molecular formula is C25H26ClN7O2. The van der Waals surface area contributed by atoms with Crippen LogP contribution in [0.15, 0.2) is 60.8 Å². The molecule has 4 aromatic rings. The van der Waals surface area contributed by atoms with Crippen LogP contribution in [0.25, 0.3) is 22.3 Å². The van der Waals surface area contributed by atoms with Crippen molar-refractivity contribution in [2.24, 2.45) is 0 Å². The molecule has 2 heterocycles. The molecule has 0 bridgehead atoms. The zero-order valence-corrected chi connectivity index (χ0v) is 19.9. The maximum atomic E-state index is 12.6. The molecule has 0 saturated heterocycles. The van der Waals surface area contributed by atoms with E-state index in [0.717, 1.165) is 16.5 Å². The Hall–Kier alpha value is -4.11. The molecule has 0 aliphatic carbocycles. The van der Waals surface area contributed by atoms with Crippen molar-refractivity contribution in [3.05, 3.63) is 71.4 Å². The fourth-order valence-corrected chi connectivity index (χ4v) is 3.63. The second kappa shape index (κ2) is 11.3. The first-order chi connectivity index (χ1) is 17.0. The number of halogens is 1. The van der Waals surface area contributed by atoms with Gasteiger partial charge in [0.05, 0.1) is 5.56 Å². The topological polar surface area (TPSA) is 124 Å². The summed E-state index contributed by atoms with van der Waals surface area (Å²) in [5.41, 5.74) is 2.35. The van der Waals surface area contributed by atoms with Gasteiger partial charge in [-0.3, -0.25) is 9.59 Å². The van der Waals surface area contributed by atoms with Gasteiger partial charge in [-0.1, -0.05) is 29.8 Å². The van der Waals surface area contributed by atoms with Crippen LogP contribution in [0.1, 0.15) is 17.3 Å². The van der Waals surface area contributed by atoms with E-state index in [0.29, 0.717) is 54.2 Å². The molecule has 2 aromatic heterocycles. The molecule has 0 radical (unpaired) electrons. The van der Waals surface area contributed by atoms with Gasteiger partial charge in [-0.05, 0) is 30.3 Å². The van der Waals surface area contributed by atoms with Gasteiger partial charge in [0.25, 0.3) is 5.91 Å². The molecule has 2 aromatic carbocycles. The van der Waals surface area contributed by atoms with Crippen LogP contribution >= 0.6 is 11.6 Å². The molecule has 0 aliphatic rings. The van der Waals surface area contributed by atoms with E-state index in [1.54, 1.807) is 24.4 Å². The summed E-state index contributed by atoms with van der Waals surface area (Å²) < 4.78 is 0. The minimum absolute atomic E-state index is 0.0895. The maximum absolute atomic E-state index is 12.6. The third-order valence-corrected chi connectivity index (χ3v) is 5.44. The summed E-state index contributed by atoms with van der Waals surface area (Å²) in [5.74, 6) is 1.51. The van der Waals surface area contributed by atoms with E-state index in [4.69, 9.17) is 11.6 Å². The highest BCUT2D eigenvalue weighted by atomic mass is 35.5. The Balaban J connectivity index is 1.40. The molecule has 5 N–H and O–H groups in total. The highest BCUT2D eigenvalue weighted by molar-refractivity contribution is 6.30. The molecule has 0 saturated carbocycles. The van der Waals surface area contributed by atoms with Gasteiger partial charge in [0.2, 0.25) is 5.91 Å². The van der Waals surface area contributed by atoms with E-state index in [1.807, 2.05) is 36.4 Å². The second-order valence-electron chi connectivity index (χ2n) is 7.81. The van der Waals surface area contributed by atoms with Crippen molar-refractivity contribution in [2.75, 3.05) is 36.8 Å². The SMILES string of the molecule is CC(=O)NCCNc1cc(NCCNC(=O)c2c[nH]c3ccccc23)nc(-c2ccc(Cl)cc2)n1. The number of nitrogens with zero attached hydrogens (tertiary/aromatic N) is 2. The number of nitrogens with one attached hydrogen (secondary N) is 5. The summed E-state index contributed by atoms with van der Waals surface area (Å²) in [6.45, 7) is 3.33. The first kappa shape index (κ1) is 24.0. The summed E-state index contributed by atoms with van der Waals surface area (Å²) in [6, 6.07) is 16.7. The van der Waals surface area contributed by atoms with Crippen molar-refractivity contribution in [3.8, 4) is 11.4 Å². The number of carbonyl (C=O) groups excluding carboxylic acids is 2. The number of para-hydroxylation sites is 1. The number of aromatic nitrogens is 3. The Morgan fingerprint density at radius 3 is 2.23 bits per heavy atom. The monoisotopic (exact) mass is 491 g/mol.